The number of rotatable bonds is 5. The third-order valence-corrected chi connectivity index (χ3v) is 2.68. The standard InChI is InChI=1S/C13H16FN3/c1-2-15-12(9-13-16-7-8-17-13)10-5-3-4-6-11(10)14/h3-8,12,15H,2,9H2,1H3,(H,16,17). The van der Waals surface area contributed by atoms with Crippen LogP contribution in [-0.4, -0.2) is 16.5 Å². The zero-order chi connectivity index (χ0) is 12.1. The molecule has 0 saturated carbocycles. The van der Waals surface area contributed by atoms with Crippen molar-refractivity contribution in [3.8, 4) is 0 Å². The maximum Gasteiger partial charge on any atom is 0.127 e. The lowest BCUT2D eigenvalue weighted by atomic mass is 10.0. The summed E-state index contributed by atoms with van der Waals surface area (Å²) in [6.45, 7) is 2.80. The topological polar surface area (TPSA) is 40.7 Å². The summed E-state index contributed by atoms with van der Waals surface area (Å²) in [7, 11) is 0. The number of aromatic amines is 1. The third kappa shape index (κ3) is 2.91. The highest BCUT2D eigenvalue weighted by Crippen LogP contribution is 2.19. The lowest BCUT2D eigenvalue weighted by Crippen LogP contribution is -2.24. The molecule has 90 valence electrons. The zero-order valence-electron chi connectivity index (χ0n) is 9.78. The van der Waals surface area contributed by atoms with E-state index in [4.69, 9.17) is 0 Å². The van der Waals surface area contributed by atoms with Gasteiger partial charge in [-0.2, -0.15) is 0 Å². The quantitative estimate of drug-likeness (QED) is 0.832. The highest BCUT2D eigenvalue weighted by molar-refractivity contribution is 5.22. The van der Waals surface area contributed by atoms with E-state index in [1.54, 1.807) is 18.5 Å². The van der Waals surface area contributed by atoms with Gasteiger partial charge in [-0.05, 0) is 12.6 Å². The van der Waals surface area contributed by atoms with Crippen molar-refractivity contribution < 1.29 is 4.39 Å². The molecule has 2 aromatic rings. The van der Waals surface area contributed by atoms with Crippen LogP contribution in [0.1, 0.15) is 24.4 Å². The van der Waals surface area contributed by atoms with Gasteiger partial charge in [0.05, 0.1) is 0 Å². The summed E-state index contributed by atoms with van der Waals surface area (Å²) in [5.41, 5.74) is 0.686. The molecule has 3 nitrogen and oxygen atoms in total. The fraction of sp³-hybridized carbons (Fsp3) is 0.308. The van der Waals surface area contributed by atoms with E-state index in [2.05, 4.69) is 15.3 Å². The first-order valence-corrected chi connectivity index (χ1v) is 5.77. The first-order chi connectivity index (χ1) is 8.31. The second-order valence-electron chi connectivity index (χ2n) is 3.87. The molecule has 0 saturated heterocycles. The molecule has 1 aromatic carbocycles. The summed E-state index contributed by atoms with van der Waals surface area (Å²) in [6.07, 6.45) is 4.14. The van der Waals surface area contributed by atoms with Crippen LogP contribution in [-0.2, 0) is 6.42 Å². The SMILES string of the molecule is CCNC(Cc1ncc[nH]1)c1ccccc1F. The third-order valence-electron chi connectivity index (χ3n) is 2.68. The Balaban J connectivity index is 2.20. The lowest BCUT2D eigenvalue weighted by molar-refractivity contribution is 0.503. The molecule has 4 heteroatoms. The number of halogens is 1. The Hall–Kier alpha value is -1.68. The van der Waals surface area contributed by atoms with E-state index in [1.165, 1.54) is 6.07 Å². The summed E-state index contributed by atoms with van der Waals surface area (Å²) in [5.74, 6) is 0.684. The van der Waals surface area contributed by atoms with Crippen LogP contribution in [0.4, 0.5) is 4.39 Å². The summed E-state index contributed by atoms with van der Waals surface area (Å²) >= 11 is 0. The minimum atomic E-state index is -0.176. The van der Waals surface area contributed by atoms with E-state index < -0.39 is 0 Å². The molecule has 1 unspecified atom stereocenters. The molecule has 2 rings (SSSR count). The van der Waals surface area contributed by atoms with E-state index in [0.717, 1.165) is 12.4 Å². The van der Waals surface area contributed by atoms with E-state index in [9.17, 15) is 4.39 Å². The molecule has 0 aliphatic heterocycles. The van der Waals surface area contributed by atoms with Crippen LogP contribution >= 0.6 is 0 Å². The van der Waals surface area contributed by atoms with Gasteiger partial charge >= 0.3 is 0 Å². The van der Waals surface area contributed by atoms with E-state index >= 15 is 0 Å². The normalized spacial score (nSPS) is 12.6. The minimum Gasteiger partial charge on any atom is -0.349 e. The van der Waals surface area contributed by atoms with Crippen LogP contribution in [0.15, 0.2) is 36.7 Å². The van der Waals surface area contributed by atoms with Crippen molar-refractivity contribution in [1.82, 2.24) is 15.3 Å². The molecule has 17 heavy (non-hydrogen) atoms. The average molecular weight is 233 g/mol. The van der Waals surface area contributed by atoms with Crippen LogP contribution < -0.4 is 5.32 Å². The number of benzene rings is 1. The molecule has 0 bridgehead atoms. The average Bonchev–Trinajstić information content (AvgIpc) is 2.82. The van der Waals surface area contributed by atoms with Gasteiger partial charge in [-0.1, -0.05) is 25.1 Å². The van der Waals surface area contributed by atoms with Crippen LogP contribution in [0, 0.1) is 5.82 Å². The maximum absolute atomic E-state index is 13.7. The van der Waals surface area contributed by atoms with Gasteiger partial charge in [0.1, 0.15) is 11.6 Å². The van der Waals surface area contributed by atoms with Gasteiger partial charge in [0, 0.05) is 30.4 Å². The Labute approximate surface area is 100 Å². The lowest BCUT2D eigenvalue weighted by Gasteiger charge is -2.17. The Morgan fingerprint density at radius 1 is 1.41 bits per heavy atom. The first kappa shape index (κ1) is 11.8. The summed E-state index contributed by atoms with van der Waals surface area (Å²) in [6, 6.07) is 6.81. The van der Waals surface area contributed by atoms with Crippen molar-refractivity contribution in [2.45, 2.75) is 19.4 Å². The number of likely N-dealkylation sites (N-methyl/N-ethyl adjacent to an activating group) is 1. The molecular weight excluding hydrogens is 217 g/mol. The molecule has 0 radical (unpaired) electrons. The van der Waals surface area contributed by atoms with Crippen LogP contribution in [0.25, 0.3) is 0 Å². The maximum atomic E-state index is 13.7. The molecule has 0 amide bonds. The highest BCUT2D eigenvalue weighted by atomic mass is 19.1. The second-order valence-corrected chi connectivity index (χ2v) is 3.87. The number of H-pyrrole nitrogens is 1. The van der Waals surface area contributed by atoms with Crippen molar-refractivity contribution in [3.63, 3.8) is 0 Å². The number of aromatic nitrogens is 2. The first-order valence-electron chi connectivity index (χ1n) is 5.77. The van der Waals surface area contributed by atoms with Crippen LogP contribution in [0.5, 0.6) is 0 Å². The van der Waals surface area contributed by atoms with Crippen LogP contribution in [0.3, 0.4) is 0 Å². The Bertz CT molecular complexity index is 453. The van der Waals surface area contributed by atoms with E-state index in [-0.39, 0.29) is 11.9 Å². The van der Waals surface area contributed by atoms with Crippen molar-refractivity contribution in [2.75, 3.05) is 6.54 Å². The van der Waals surface area contributed by atoms with Crippen molar-refractivity contribution in [2.24, 2.45) is 0 Å². The molecule has 2 N–H and O–H groups in total. The summed E-state index contributed by atoms with van der Waals surface area (Å²) in [4.78, 5) is 7.22. The molecule has 0 aliphatic carbocycles. The molecule has 1 atom stereocenters. The second kappa shape index (κ2) is 5.59. The van der Waals surface area contributed by atoms with Crippen molar-refractivity contribution >= 4 is 0 Å². The predicted molar refractivity (Wildman–Crippen MR) is 65.1 cm³/mol. The minimum absolute atomic E-state index is 0.0487. The number of hydrogen-bond acceptors (Lipinski definition) is 2. The van der Waals surface area contributed by atoms with E-state index in [0.29, 0.717) is 12.0 Å². The largest absolute Gasteiger partial charge is 0.349 e. The number of nitrogens with one attached hydrogen (secondary N) is 2. The monoisotopic (exact) mass is 233 g/mol. The number of imidazole rings is 1. The smallest absolute Gasteiger partial charge is 0.127 e. The summed E-state index contributed by atoms with van der Waals surface area (Å²) in [5, 5.41) is 3.28. The van der Waals surface area contributed by atoms with Crippen molar-refractivity contribution in [1.29, 1.82) is 0 Å². The fourth-order valence-electron chi connectivity index (χ4n) is 1.90. The van der Waals surface area contributed by atoms with Crippen LogP contribution in [0.2, 0.25) is 0 Å². The molecule has 0 fully saturated rings. The number of hydrogen-bond donors (Lipinski definition) is 2. The van der Waals surface area contributed by atoms with Gasteiger partial charge in [-0.3, -0.25) is 0 Å². The Morgan fingerprint density at radius 3 is 2.88 bits per heavy atom. The molecular formula is C13H16FN3. The zero-order valence-corrected chi connectivity index (χ0v) is 9.78. The number of nitrogens with zero attached hydrogens (tertiary/aromatic N) is 1. The Kier molecular flexibility index (Phi) is 3.88. The van der Waals surface area contributed by atoms with Gasteiger partial charge in [-0.25, -0.2) is 9.37 Å². The molecule has 0 spiro atoms. The van der Waals surface area contributed by atoms with Gasteiger partial charge in [0.25, 0.3) is 0 Å². The van der Waals surface area contributed by atoms with Gasteiger partial charge < -0.3 is 10.3 Å². The van der Waals surface area contributed by atoms with E-state index in [1.807, 2.05) is 19.1 Å². The summed E-state index contributed by atoms with van der Waals surface area (Å²) < 4.78 is 13.7. The highest BCUT2D eigenvalue weighted by Gasteiger charge is 2.15. The van der Waals surface area contributed by atoms with Gasteiger partial charge in [-0.15, -0.1) is 0 Å². The van der Waals surface area contributed by atoms with Crippen molar-refractivity contribution in [3.05, 3.63) is 53.9 Å². The molecule has 1 heterocycles. The van der Waals surface area contributed by atoms with Gasteiger partial charge in [0.15, 0.2) is 0 Å². The Morgan fingerprint density at radius 2 is 2.24 bits per heavy atom. The fourth-order valence-corrected chi connectivity index (χ4v) is 1.90. The van der Waals surface area contributed by atoms with Gasteiger partial charge in [0.2, 0.25) is 0 Å². The predicted octanol–water partition coefficient (Wildman–Crippen LogP) is 2.44. The molecule has 1 aromatic heterocycles. The molecule has 0 aliphatic rings.